The summed E-state index contributed by atoms with van der Waals surface area (Å²) >= 11 is 0. The molecule has 2 aromatic heterocycles. The van der Waals surface area contributed by atoms with Crippen LogP contribution in [0.15, 0.2) is 24.3 Å². The van der Waals surface area contributed by atoms with E-state index in [4.69, 9.17) is 0 Å². The molecular weight excluding hydrogens is 285 g/mol. The second-order valence-corrected chi connectivity index (χ2v) is 4.30. The Hall–Kier alpha value is -2.51. The molecule has 0 aliphatic heterocycles. The van der Waals surface area contributed by atoms with Gasteiger partial charge in [-0.25, -0.2) is 15.0 Å². The summed E-state index contributed by atoms with van der Waals surface area (Å²) in [6.45, 7) is 3.02. The van der Waals surface area contributed by atoms with Crippen molar-refractivity contribution >= 4 is 11.7 Å². The number of aryl methyl sites for hydroxylation is 2. The molecule has 1 N–H and O–H groups in total. The summed E-state index contributed by atoms with van der Waals surface area (Å²) in [5.41, 5.74) is -0.849. The first-order valence-electron chi connectivity index (χ1n) is 5.93. The topological polar surface area (TPSA) is 67.8 Å². The lowest BCUT2D eigenvalue weighted by atomic mass is 10.3. The fourth-order valence-electron chi connectivity index (χ4n) is 1.62. The van der Waals surface area contributed by atoms with Gasteiger partial charge >= 0.3 is 6.18 Å². The number of nitrogens with one attached hydrogen (secondary N) is 1. The number of carbonyl (C=O) groups excluding carboxylic acids is 1. The molecule has 0 aliphatic carbocycles. The predicted octanol–water partition coefficient (Wildman–Crippen LogP) is 2.76. The predicted molar refractivity (Wildman–Crippen MR) is 68.7 cm³/mol. The molecule has 2 aromatic rings. The summed E-state index contributed by atoms with van der Waals surface area (Å²) in [6.07, 6.45) is -4.63. The number of anilines is 1. The SMILES string of the molecule is Cc1cccc(NC(=O)c2cc(C(F)(F)F)nc(C)n2)n1. The fourth-order valence-corrected chi connectivity index (χ4v) is 1.62. The number of amides is 1. The minimum atomic E-state index is -4.63. The normalized spacial score (nSPS) is 11.3. The molecule has 0 aliphatic rings. The highest BCUT2D eigenvalue weighted by Crippen LogP contribution is 2.27. The van der Waals surface area contributed by atoms with E-state index in [0.29, 0.717) is 11.8 Å². The minimum Gasteiger partial charge on any atom is -0.305 e. The van der Waals surface area contributed by atoms with Crippen LogP contribution >= 0.6 is 0 Å². The lowest BCUT2D eigenvalue weighted by molar-refractivity contribution is -0.141. The second kappa shape index (κ2) is 5.47. The van der Waals surface area contributed by atoms with Crippen LogP contribution in [-0.4, -0.2) is 20.9 Å². The molecule has 0 aromatic carbocycles. The molecule has 0 saturated heterocycles. The molecular formula is C13H11F3N4O. The van der Waals surface area contributed by atoms with Crippen LogP contribution < -0.4 is 5.32 Å². The first-order valence-corrected chi connectivity index (χ1v) is 5.93. The monoisotopic (exact) mass is 296 g/mol. The van der Waals surface area contributed by atoms with Crippen molar-refractivity contribution in [2.75, 3.05) is 5.32 Å². The van der Waals surface area contributed by atoms with E-state index in [1.165, 1.54) is 13.0 Å². The number of rotatable bonds is 2. The molecule has 0 atom stereocenters. The quantitative estimate of drug-likeness (QED) is 0.925. The molecule has 0 saturated carbocycles. The number of pyridine rings is 1. The second-order valence-electron chi connectivity index (χ2n) is 4.30. The van der Waals surface area contributed by atoms with Gasteiger partial charge in [0.15, 0.2) is 0 Å². The van der Waals surface area contributed by atoms with Gasteiger partial charge in [0, 0.05) is 11.8 Å². The van der Waals surface area contributed by atoms with Crippen LogP contribution in [0.5, 0.6) is 0 Å². The summed E-state index contributed by atoms with van der Waals surface area (Å²) in [4.78, 5) is 23.0. The molecule has 21 heavy (non-hydrogen) atoms. The molecule has 0 bridgehead atoms. The van der Waals surface area contributed by atoms with Gasteiger partial charge in [-0.2, -0.15) is 13.2 Å². The average molecular weight is 296 g/mol. The Morgan fingerprint density at radius 3 is 2.48 bits per heavy atom. The molecule has 0 radical (unpaired) electrons. The largest absolute Gasteiger partial charge is 0.433 e. The molecule has 1 amide bonds. The highest BCUT2D eigenvalue weighted by molar-refractivity contribution is 6.02. The Labute approximate surface area is 118 Å². The van der Waals surface area contributed by atoms with Crippen molar-refractivity contribution in [1.82, 2.24) is 15.0 Å². The van der Waals surface area contributed by atoms with Crippen molar-refractivity contribution in [3.05, 3.63) is 47.2 Å². The molecule has 0 fully saturated rings. The Kier molecular flexibility index (Phi) is 3.88. The maximum absolute atomic E-state index is 12.7. The maximum atomic E-state index is 12.7. The van der Waals surface area contributed by atoms with Gasteiger partial charge in [-0.3, -0.25) is 4.79 Å². The van der Waals surface area contributed by atoms with E-state index in [1.54, 1.807) is 19.1 Å². The third-order valence-corrected chi connectivity index (χ3v) is 2.49. The molecule has 0 spiro atoms. The zero-order chi connectivity index (χ0) is 15.6. The molecule has 8 heteroatoms. The number of alkyl halides is 3. The smallest absolute Gasteiger partial charge is 0.305 e. The van der Waals surface area contributed by atoms with Gasteiger partial charge in [-0.05, 0) is 26.0 Å². The Balaban J connectivity index is 2.29. The Bertz CT molecular complexity index is 685. The number of halogens is 3. The highest BCUT2D eigenvalue weighted by Gasteiger charge is 2.34. The van der Waals surface area contributed by atoms with Crippen LogP contribution in [0, 0.1) is 13.8 Å². The first kappa shape index (κ1) is 14.9. The van der Waals surface area contributed by atoms with Gasteiger partial charge in [0.1, 0.15) is 23.0 Å². The van der Waals surface area contributed by atoms with E-state index in [9.17, 15) is 18.0 Å². The summed E-state index contributed by atoms with van der Waals surface area (Å²) in [7, 11) is 0. The molecule has 2 heterocycles. The van der Waals surface area contributed by atoms with Gasteiger partial charge in [0.05, 0.1) is 0 Å². The van der Waals surface area contributed by atoms with Crippen LogP contribution in [0.2, 0.25) is 0 Å². The average Bonchev–Trinajstić information content (AvgIpc) is 2.37. The van der Waals surface area contributed by atoms with E-state index < -0.39 is 17.8 Å². The van der Waals surface area contributed by atoms with E-state index >= 15 is 0 Å². The third-order valence-electron chi connectivity index (χ3n) is 2.49. The molecule has 5 nitrogen and oxygen atoms in total. The molecule has 0 unspecified atom stereocenters. The van der Waals surface area contributed by atoms with Crippen LogP contribution in [0.25, 0.3) is 0 Å². The fraction of sp³-hybridized carbons (Fsp3) is 0.231. The zero-order valence-electron chi connectivity index (χ0n) is 11.2. The van der Waals surface area contributed by atoms with Crippen molar-refractivity contribution in [1.29, 1.82) is 0 Å². The van der Waals surface area contributed by atoms with Crippen LogP contribution in [0.4, 0.5) is 19.0 Å². The van der Waals surface area contributed by atoms with Crippen molar-refractivity contribution in [2.45, 2.75) is 20.0 Å². The summed E-state index contributed by atoms with van der Waals surface area (Å²) in [6, 6.07) is 5.54. The number of hydrogen-bond donors (Lipinski definition) is 1. The van der Waals surface area contributed by atoms with Gasteiger partial charge in [0.25, 0.3) is 5.91 Å². The number of carbonyl (C=O) groups is 1. The lowest BCUT2D eigenvalue weighted by Gasteiger charge is -2.09. The van der Waals surface area contributed by atoms with E-state index in [0.717, 1.165) is 0 Å². The summed E-state index contributed by atoms with van der Waals surface area (Å²) < 4.78 is 38.0. The summed E-state index contributed by atoms with van der Waals surface area (Å²) in [5.74, 6) is -0.666. The standard InChI is InChI=1S/C13H11F3N4O/c1-7-4-3-5-11(17-7)20-12(21)9-6-10(13(14,15)16)19-8(2)18-9/h3-6H,1-2H3,(H,17,20,21). The van der Waals surface area contributed by atoms with E-state index in [2.05, 4.69) is 20.3 Å². The van der Waals surface area contributed by atoms with Crippen LogP contribution in [-0.2, 0) is 6.18 Å². The van der Waals surface area contributed by atoms with E-state index in [-0.39, 0.29) is 17.3 Å². The third kappa shape index (κ3) is 3.74. The van der Waals surface area contributed by atoms with Gasteiger partial charge in [0.2, 0.25) is 0 Å². The zero-order valence-corrected chi connectivity index (χ0v) is 11.2. The van der Waals surface area contributed by atoms with Crippen LogP contribution in [0.3, 0.4) is 0 Å². The lowest BCUT2D eigenvalue weighted by Crippen LogP contribution is -2.18. The maximum Gasteiger partial charge on any atom is 0.433 e. The van der Waals surface area contributed by atoms with Gasteiger partial charge in [-0.1, -0.05) is 6.07 Å². The van der Waals surface area contributed by atoms with Crippen molar-refractivity contribution < 1.29 is 18.0 Å². The van der Waals surface area contributed by atoms with Crippen molar-refractivity contribution in [3.8, 4) is 0 Å². The van der Waals surface area contributed by atoms with Gasteiger partial charge < -0.3 is 5.32 Å². The minimum absolute atomic E-state index is 0.132. The van der Waals surface area contributed by atoms with E-state index in [1.807, 2.05) is 0 Å². The first-order chi connectivity index (χ1) is 9.75. The van der Waals surface area contributed by atoms with Crippen molar-refractivity contribution in [2.24, 2.45) is 0 Å². The molecule has 2 rings (SSSR count). The van der Waals surface area contributed by atoms with Crippen molar-refractivity contribution in [3.63, 3.8) is 0 Å². The Morgan fingerprint density at radius 2 is 1.86 bits per heavy atom. The number of nitrogens with zero attached hydrogens (tertiary/aromatic N) is 3. The van der Waals surface area contributed by atoms with Crippen LogP contribution in [0.1, 0.15) is 27.7 Å². The molecule has 110 valence electrons. The highest BCUT2D eigenvalue weighted by atomic mass is 19.4. The number of aromatic nitrogens is 3. The summed E-state index contributed by atoms with van der Waals surface area (Å²) in [5, 5.41) is 2.40. The Morgan fingerprint density at radius 1 is 1.14 bits per heavy atom. The number of hydrogen-bond acceptors (Lipinski definition) is 4. The van der Waals surface area contributed by atoms with Gasteiger partial charge in [-0.15, -0.1) is 0 Å².